The van der Waals surface area contributed by atoms with Gasteiger partial charge in [-0.3, -0.25) is 4.79 Å². The third kappa shape index (κ3) is 6.06. The van der Waals surface area contributed by atoms with Crippen LogP contribution in [0.3, 0.4) is 0 Å². The average molecular weight is 455 g/mol. The van der Waals surface area contributed by atoms with E-state index in [1.165, 1.54) is 26.3 Å². The molecule has 0 bridgehead atoms. The van der Waals surface area contributed by atoms with E-state index in [2.05, 4.69) is 25.9 Å². The molecule has 1 atom stereocenters. The van der Waals surface area contributed by atoms with Crippen LogP contribution in [0, 0.1) is 0 Å². The van der Waals surface area contributed by atoms with Crippen molar-refractivity contribution in [3.8, 4) is 0 Å². The number of benzene rings is 1. The Hall–Kier alpha value is -3.41. The van der Waals surface area contributed by atoms with Crippen molar-refractivity contribution in [1.29, 1.82) is 0 Å². The van der Waals surface area contributed by atoms with Crippen molar-refractivity contribution < 1.29 is 31.9 Å². The molecule has 0 fully saturated rings. The fourth-order valence-electron chi connectivity index (χ4n) is 2.65. The van der Waals surface area contributed by atoms with Gasteiger partial charge in [0.15, 0.2) is 12.0 Å². The number of pyridine rings is 1. The Balaban J connectivity index is 1.81. The zero-order chi connectivity index (χ0) is 23.5. The molecular formula is C20H21F4N5O3. The molecule has 1 unspecified atom stereocenters. The number of fused-ring (bicyclic) bond motifs is 1. The summed E-state index contributed by atoms with van der Waals surface area (Å²) < 4.78 is 57.3. The second kappa shape index (κ2) is 8.99. The number of hydrogen-bond donors (Lipinski definition) is 4. The van der Waals surface area contributed by atoms with E-state index >= 15 is 0 Å². The summed E-state index contributed by atoms with van der Waals surface area (Å²) in [5.41, 5.74) is -0.410. The molecule has 32 heavy (non-hydrogen) atoms. The van der Waals surface area contributed by atoms with E-state index in [-0.39, 0.29) is 17.1 Å². The molecule has 1 amide bonds. The molecule has 1 aromatic carbocycles. The summed E-state index contributed by atoms with van der Waals surface area (Å²) in [6, 6.07) is 6.22. The Kier molecular flexibility index (Phi) is 6.53. The Morgan fingerprint density at radius 2 is 1.97 bits per heavy atom. The van der Waals surface area contributed by atoms with Crippen LogP contribution in [-0.2, 0) is 0 Å². The lowest BCUT2D eigenvalue weighted by atomic mass is 10.0. The predicted molar refractivity (Wildman–Crippen MR) is 110 cm³/mol. The Morgan fingerprint density at radius 3 is 2.66 bits per heavy atom. The number of carbonyl (C=O) groups excluding carboxylic acids is 1. The lowest BCUT2D eigenvalue weighted by Crippen LogP contribution is -2.42. The molecule has 0 saturated carbocycles. The second-order valence-corrected chi connectivity index (χ2v) is 7.57. The van der Waals surface area contributed by atoms with Crippen molar-refractivity contribution in [3.05, 3.63) is 42.4 Å². The first-order valence-electron chi connectivity index (χ1n) is 9.48. The van der Waals surface area contributed by atoms with E-state index in [0.717, 1.165) is 6.20 Å². The number of nitrogens with one attached hydrogen (secondary N) is 3. The van der Waals surface area contributed by atoms with Crippen LogP contribution < -0.4 is 16.0 Å². The number of aromatic nitrogens is 2. The molecule has 3 aromatic rings. The van der Waals surface area contributed by atoms with Gasteiger partial charge >= 0.3 is 6.18 Å². The number of rotatable bonds is 8. The summed E-state index contributed by atoms with van der Waals surface area (Å²) in [6.07, 6.45) is -3.97. The predicted octanol–water partition coefficient (Wildman–Crippen LogP) is 3.78. The number of amides is 1. The van der Waals surface area contributed by atoms with E-state index in [9.17, 15) is 27.5 Å². The van der Waals surface area contributed by atoms with Crippen LogP contribution in [0.5, 0.6) is 0 Å². The molecule has 2 heterocycles. The summed E-state index contributed by atoms with van der Waals surface area (Å²) in [4.78, 5) is 20.5. The standard InChI is InChI=1S/C20H21F4N5O3/c1-19(2,31)16(21)8-26-18(30)12-7-25-17(6-14(12)27-9-20(22,23)24)29-11-3-4-13-15(5-11)32-10-28-13/h3-7,10,16,31H,8-9H2,1-2H3,(H,26,30)(H2,25,27,29). The summed E-state index contributed by atoms with van der Waals surface area (Å²) in [5.74, 6) is -0.686. The fraction of sp³-hybridized carbons (Fsp3) is 0.350. The van der Waals surface area contributed by atoms with Crippen LogP contribution in [0.2, 0.25) is 0 Å². The SMILES string of the molecule is CC(C)(O)C(F)CNC(=O)c1cnc(Nc2ccc3ncoc3c2)cc1NCC(F)(F)F. The van der Waals surface area contributed by atoms with E-state index in [0.29, 0.717) is 16.8 Å². The molecule has 0 aliphatic rings. The number of hydrogen-bond acceptors (Lipinski definition) is 7. The molecule has 2 aromatic heterocycles. The smallest absolute Gasteiger partial charge is 0.405 e. The normalized spacial score (nSPS) is 13.1. The van der Waals surface area contributed by atoms with Crippen LogP contribution >= 0.6 is 0 Å². The number of aliphatic hydroxyl groups is 1. The van der Waals surface area contributed by atoms with Crippen LogP contribution in [0.4, 0.5) is 34.8 Å². The highest BCUT2D eigenvalue weighted by molar-refractivity contribution is 5.99. The highest BCUT2D eigenvalue weighted by Crippen LogP contribution is 2.25. The molecule has 0 saturated heterocycles. The van der Waals surface area contributed by atoms with Crippen LogP contribution in [0.25, 0.3) is 11.1 Å². The average Bonchev–Trinajstić information content (AvgIpc) is 3.17. The van der Waals surface area contributed by atoms with Gasteiger partial charge < -0.3 is 25.5 Å². The van der Waals surface area contributed by atoms with Gasteiger partial charge in [0, 0.05) is 24.0 Å². The van der Waals surface area contributed by atoms with Gasteiger partial charge in [-0.25, -0.2) is 14.4 Å². The summed E-state index contributed by atoms with van der Waals surface area (Å²) in [6.45, 7) is 0.547. The van der Waals surface area contributed by atoms with E-state index in [1.54, 1.807) is 18.2 Å². The molecule has 0 aliphatic carbocycles. The maximum absolute atomic E-state index is 13.9. The van der Waals surface area contributed by atoms with Crippen LogP contribution in [0.15, 0.2) is 41.3 Å². The van der Waals surface area contributed by atoms with E-state index < -0.39 is 36.9 Å². The quantitative estimate of drug-likeness (QED) is 0.383. The van der Waals surface area contributed by atoms with Gasteiger partial charge in [0.05, 0.1) is 23.4 Å². The Labute approximate surface area is 180 Å². The molecule has 12 heteroatoms. The number of carbonyl (C=O) groups is 1. The first-order chi connectivity index (χ1) is 14.9. The van der Waals surface area contributed by atoms with Crippen molar-refractivity contribution in [1.82, 2.24) is 15.3 Å². The van der Waals surface area contributed by atoms with Crippen LogP contribution in [0.1, 0.15) is 24.2 Å². The third-order valence-electron chi connectivity index (χ3n) is 4.44. The number of alkyl halides is 4. The molecule has 4 N–H and O–H groups in total. The summed E-state index contributed by atoms with van der Waals surface area (Å²) in [5, 5.41) is 17.0. The monoisotopic (exact) mass is 455 g/mol. The molecule has 172 valence electrons. The van der Waals surface area contributed by atoms with Crippen molar-refractivity contribution in [2.75, 3.05) is 23.7 Å². The Morgan fingerprint density at radius 1 is 1.22 bits per heavy atom. The first kappa shape index (κ1) is 23.3. The molecule has 0 spiro atoms. The molecule has 0 aliphatic heterocycles. The minimum absolute atomic E-state index is 0.156. The van der Waals surface area contributed by atoms with Gasteiger partial charge in [-0.05, 0) is 26.0 Å². The largest absolute Gasteiger partial charge is 0.443 e. The molecule has 3 rings (SSSR count). The number of anilines is 3. The maximum atomic E-state index is 13.9. The lowest BCUT2D eigenvalue weighted by molar-refractivity contribution is -0.115. The molecular weight excluding hydrogens is 434 g/mol. The Bertz CT molecular complexity index is 1090. The molecule has 0 radical (unpaired) electrons. The first-order valence-corrected chi connectivity index (χ1v) is 9.48. The maximum Gasteiger partial charge on any atom is 0.405 e. The number of nitrogens with zero attached hydrogens (tertiary/aromatic N) is 2. The topological polar surface area (TPSA) is 112 Å². The van der Waals surface area contributed by atoms with Crippen molar-refractivity contribution in [2.24, 2.45) is 0 Å². The summed E-state index contributed by atoms with van der Waals surface area (Å²) >= 11 is 0. The minimum atomic E-state index is -4.53. The van der Waals surface area contributed by atoms with Gasteiger partial charge in [-0.1, -0.05) is 0 Å². The highest BCUT2D eigenvalue weighted by Gasteiger charge is 2.29. The fourth-order valence-corrected chi connectivity index (χ4v) is 2.65. The van der Waals surface area contributed by atoms with E-state index in [4.69, 9.17) is 4.42 Å². The van der Waals surface area contributed by atoms with Crippen molar-refractivity contribution in [2.45, 2.75) is 31.8 Å². The number of oxazole rings is 1. The summed E-state index contributed by atoms with van der Waals surface area (Å²) in [7, 11) is 0. The van der Waals surface area contributed by atoms with Crippen LogP contribution in [-0.4, -0.2) is 52.0 Å². The molecule has 8 nitrogen and oxygen atoms in total. The number of halogens is 4. The van der Waals surface area contributed by atoms with Gasteiger partial charge in [0.2, 0.25) is 0 Å². The second-order valence-electron chi connectivity index (χ2n) is 7.57. The zero-order valence-electron chi connectivity index (χ0n) is 17.1. The van der Waals surface area contributed by atoms with Gasteiger partial charge in [-0.15, -0.1) is 0 Å². The van der Waals surface area contributed by atoms with Crippen molar-refractivity contribution in [3.63, 3.8) is 0 Å². The van der Waals surface area contributed by atoms with Gasteiger partial charge in [-0.2, -0.15) is 13.2 Å². The zero-order valence-corrected chi connectivity index (χ0v) is 17.1. The van der Waals surface area contributed by atoms with Crippen molar-refractivity contribution >= 4 is 34.2 Å². The third-order valence-corrected chi connectivity index (χ3v) is 4.44. The van der Waals surface area contributed by atoms with E-state index in [1.807, 2.05) is 0 Å². The highest BCUT2D eigenvalue weighted by atomic mass is 19.4. The lowest BCUT2D eigenvalue weighted by Gasteiger charge is -2.22. The van der Waals surface area contributed by atoms with Gasteiger partial charge in [0.25, 0.3) is 5.91 Å². The minimum Gasteiger partial charge on any atom is -0.443 e. The van der Waals surface area contributed by atoms with Gasteiger partial charge in [0.1, 0.15) is 24.1 Å².